The van der Waals surface area contributed by atoms with Crippen LogP contribution in [0.3, 0.4) is 0 Å². The minimum atomic E-state index is -0.720. The highest BCUT2D eigenvalue weighted by atomic mass is 16.3. The van der Waals surface area contributed by atoms with Gasteiger partial charge in [0.15, 0.2) is 0 Å². The van der Waals surface area contributed by atoms with Crippen LogP contribution in [-0.4, -0.2) is 47.1 Å². The maximum absolute atomic E-state index is 11.8. The summed E-state index contributed by atoms with van der Waals surface area (Å²) in [6.45, 7) is 7.20. The first-order valence-corrected chi connectivity index (χ1v) is 7.11. The van der Waals surface area contributed by atoms with Crippen molar-refractivity contribution in [2.45, 2.75) is 39.2 Å². The zero-order valence-electron chi connectivity index (χ0n) is 12.0. The number of amides is 2. The van der Waals surface area contributed by atoms with Crippen LogP contribution in [0.15, 0.2) is 0 Å². The van der Waals surface area contributed by atoms with Gasteiger partial charge in [0.2, 0.25) is 11.8 Å². The van der Waals surface area contributed by atoms with E-state index in [-0.39, 0.29) is 23.7 Å². The summed E-state index contributed by atoms with van der Waals surface area (Å²) in [5, 5.41) is 12.9. The lowest BCUT2D eigenvalue weighted by molar-refractivity contribution is -0.163. The molecule has 2 fully saturated rings. The molecule has 0 spiro atoms. The normalized spacial score (nSPS) is 27.9. The van der Waals surface area contributed by atoms with Crippen molar-refractivity contribution < 1.29 is 14.7 Å². The zero-order valence-corrected chi connectivity index (χ0v) is 12.0. The molecule has 2 amide bonds. The van der Waals surface area contributed by atoms with Crippen LogP contribution in [0.5, 0.6) is 0 Å². The summed E-state index contributed by atoms with van der Waals surface area (Å²) in [4.78, 5) is 25.1. The van der Waals surface area contributed by atoms with Crippen LogP contribution in [0.4, 0.5) is 0 Å². The number of hydrogen-bond donors (Lipinski definition) is 2. The number of hydrogen-bond acceptors (Lipinski definition) is 3. The summed E-state index contributed by atoms with van der Waals surface area (Å²) < 4.78 is 0. The fraction of sp³-hybridized carbons (Fsp3) is 0.857. The Morgan fingerprint density at radius 3 is 2.47 bits per heavy atom. The van der Waals surface area contributed by atoms with Crippen molar-refractivity contribution in [3.8, 4) is 0 Å². The highest BCUT2D eigenvalue weighted by Gasteiger charge is 2.45. The first-order valence-electron chi connectivity index (χ1n) is 7.11. The maximum Gasteiger partial charge on any atom is 0.224 e. The Hall–Kier alpha value is -1.10. The van der Waals surface area contributed by atoms with Crippen molar-refractivity contribution in [2.75, 3.05) is 19.6 Å². The Labute approximate surface area is 114 Å². The highest BCUT2D eigenvalue weighted by molar-refractivity contribution is 5.82. The highest BCUT2D eigenvalue weighted by Crippen LogP contribution is 2.37. The maximum atomic E-state index is 11.8. The lowest BCUT2D eigenvalue weighted by Gasteiger charge is -2.49. The third-order valence-corrected chi connectivity index (χ3v) is 4.44. The number of nitrogens with zero attached hydrogens (tertiary/aromatic N) is 1. The van der Waals surface area contributed by atoms with Crippen LogP contribution in [0.2, 0.25) is 0 Å². The minimum Gasteiger partial charge on any atom is -0.386 e. The summed E-state index contributed by atoms with van der Waals surface area (Å²) in [5.41, 5.74) is -0.720. The van der Waals surface area contributed by atoms with Crippen LogP contribution in [0, 0.1) is 17.8 Å². The van der Waals surface area contributed by atoms with E-state index < -0.39 is 5.60 Å². The van der Waals surface area contributed by atoms with Crippen LogP contribution in [0.25, 0.3) is 0 Å². The molecule has 1 saturated carbocycles. The third-order valence-electron chi connectivity index (χ3n) is 4.44. The average molecular weight is 268 g/mol. The molecule has 0 radical (unpaired) electrons. The molecule has 0 bridgehead atoms. The van der Waals surface area contributed by atoms with E-state index in [0.29, 0.717) is 32.0 Å². The second-order valence-electron chi connectivity index (χ2n) is 6.37. The predicted octanol–water partition coefficient (Wildman–Crippen LogP) is 0.378. The van der Waals surface area contributed by atoms with E-state index in [9.17, 15) is 14.7 Å². The van der Waals surface area contributed by atoms with Gasteiger partial charge in [0.25, 0.3) is 0 Å². The molecule has 1 heterocycles. The molecule has 2 rings (SSSR count). The Balaban J connectivity index is 1.62. The molecule has 0 aromatic carbocycles. The van der Waals surface area contributed by atoms with Gasteiger partial charge in [0.05, 0.1) is 13.1 Å². The van der Waals surface area contributed by atoms with E-state index >= 15 is 0 Å². The number of carbonyl (C=O) groups excluding carboxylic acids is 2. The molecule has 0 aromatic heterocycles. The zero-order chi connectivity index (χ0) is 14.2. The second-order valence-corrected chi connectivity index (χ2v) is 6.37. The van der Waals surface area contributed by atoms with Gasteiger partial charge in [-0.05, 0) is 18.3 Å². The molecule has 1 aliphatic carbocycles. The molecule has 1 aliphatic heterocycles. The SMILES string of the molecule is CC1CC1C(=O)NCCC(=O)N1CC(O)(C(C)C)C1. The summed E-state index contributed by atoms with van der Waals surface area (Å²) in [5.74, 6) is 0.891. The van der Waals surface area contributed by atoms with Gasteiger partial charge in [0.1, 0.15) is 5.60 Å². The van der Waals surface area contributed by atoms with Crippen LogP contribution in [-0.2, 0) is 9.59 Å². The van der Waals surface area contributed by atoms with Crippen molar-refractivity contribution in [3.05, 3.63) is 0 Å². The first kappa shape index (κ1) is 14.3. The van der Waals surface area contributed by atoms with Crippen molar-refractivity contribution in [3.63, 3.8) is 0 Å². The topological polar surface area (TPSA) is 69.6 Å². The van der Waals surface area contributed by atoms with Crippen LogP contribution in [0.1, 0.15) is 33.6 Å². The van der Waals surface area contributed by atoms with Gasteiger partial charge in [-0.3, -0.25) is 9.59 Å². The molecular weight excluding hydrogens is 244 g/mol. The summed E-state index contributed by atoms with van der Waals surface area (Å²) >= 11 is 0. The lowest BCUT2D eigenvalue weighted by Crippen LogP contribution is -2.66. The Kier molecular flexibility index (Phi) is 3.85. The van der Waals surface area contributed by atoms with Gasteiger partial charge in [-0.25, -0.2) is 0 Å². The number of β-amino-alcohol motifs (C(OH)–C–C–N with tert-alkyl or cyclic N) is 1. The summed E-state index contributed by atoms with van der Waals surface area (Å²) in [7, 11) is 0. The first-order chi connectivity index (χ1) is 8.83. The Morgan fingerprint density at radius 1 is 1.42 bits per heavy atom. The largest absolute Gasteiger partial charge is 0.386 e. The smallest absolute Gasteiger partial charge is 0.224 e. The molecule has 2 unspecified atom stereocenters. The quantitative estimate of drug-likeness (QED) is 0.757. The predicted molar refractivity (Wildman–Crippen MR) is 71.3 cm³/mol. The number of aliphatic hydroxyl groups is 1. The van der Waals surface area contributed by atoms with Gasteiger partial charge >= 0.3 is 0 Å². The minimum absolute atomic E-state index is 0.00877. The molecule has 2 atom stereocenters. The molecule has 19 heavy (non-hydrogen) atoms. The average Bonchev–Trinajstić information content (AvgIpc) is 3.01. The van der Waals surface area contributed by atoms with Gasteiger partial charge in [-0.2, -0.15) is 0 Å². The fourth-order valence-electron chi connectivity index (χ4n) is 2.43. The molecular formula is C14H24N2O3. The second kappa shape index (κ2) is 5.12. The van der Waals surface area contributed by atoms with Crippen molar-refractivity contribution >= 4 is 11.8 Å². The van der Waals surface area contributed by atoms with E-state index in [4.69, 9.17) is 0 Å². The van der Waals surface area contributed by atoms with Crippen molar-refractivity contribution in [2.24, 2.45) is 17.8 Å². The van der Waals surface area contributed by atoms with Gasteiger partial charge in [0, 0.05) is 18.9 Å². The van der Waals surface area contributed by atoms with Gasteiger partial charge in [-0.1, -0.05) is 20.8 Å². The molecule has 0 aromatic rings. The fourth-order valence-corrected chi connectivity index (χ4v) is 2.43. The molecule has 2 aliphatic rings. The monoisotopic (exact) mass is 268 g/mol. The van der Waals surface area contributed by atoms with Gasteiger partial charge in [-0.15, -0.1) is 0 Å². The summed E-state index contributed by atoms with van der Waals surface area (Å²) in [6, 6.07) is 0. The van der Waals surface area contributed by atoms with E-state index in [1.54, 1.807) is 4.90 Å². The summed E-state index contributed by atoms with van der Waals surface area (Å²) in [6.07, 6.45) is 1.29. The van der Waals surface area contributed by atoms with E-state index in [2.05, 4.69) is 12.2 Å². The number of rotatable bonds is 5. The lowest BCUT2D eigenvalue weighted by atomic mass is 9.83. The van der Waals surface area contributed by atoms with Gasteiger partial charge < -0.3 is 15.3 Å². The molecule has 1 saturated heterocycles. The number of carbonyl (C=O) groups is 2. The van der Waals surface area contributed by atoms with E-state index in [1.807, 2.05) is 13.8 Å². The molecule has 2 N–H and O–H groups in total. The molecule has 5 nitrogen and oxygen atoms in total. The third kappa shape index (κ3) is 3.08. The van der Waals surface area contributed by atoms with Crippen molar-refractivity contribution in [1.82, 2.24) is 10.2 Å². The van der Waals surface area contributed by atoms with Crippen molar-refractivity contribution in [1.29, 1.82) is 0 Å². The number of nitrogens with one attached hydrogen (secondary N) is 1. The van der Waals surface area contributed by atoms with E-state index in [0.717, 1.165) is 6.42 Å². The molecule has 5 heteroatoms. The van der Waals surface area contributed by atoms with Crippen LogP contribution < -0.4 is 5.32 Å². The Morgan fingerprint density at radius 2 is 2.00 bits per heavy atom. The standard InChI is InChI=1S/C14H24N2O3/c1-9(2)14(19)7-16(8-14)12(17)4-5-15-13(18)11-6-10(11)3/h9-11,19H,4-8H2,1-3H3,(H,15,18). The van der Waals surface area contributed by atoms with Crippen LogP contribution >= 0.6 is 0 Å². The number of likely N-dealkylation sites (tertiary alicyclic amines) is 1. The Bertz CT molecular complexity index is 375. The molecule has 108 valence electrons. The van der Waals surface area contributed by atoms with E-state index in [1.165, 1.54) is 0 Å².